The van der Waals surface area contributed by atoms with Crippen LogP contribution >= 0.6 is 0 Å². The highest BCUT2D eigenvalue weighted by Gasteiger charge is 2.24. The fraction of sp³-hybridized carbons (Fsp3) is 0.391. The Morgan fingerprint density at radius 1 is 1.37 bits per heavy atom. The standard InChI is InChI=1S/C23H26N4O3/c1-4-13(2)26-23(29)19-11-24-22-21(19)27-20(12-25-22)30-17-7-8-18-15(9-14(3)28)5-6-16(18)10-17/h7-8,10-13,15H,4-6,9H2,1-3H3,(H,24,25)(H,26,29)/t13-,15-/m0/s1. The van der Waals surface area contributed by atoms with Crippen molar-refractivity contribution in [2.75, 3.05) is 0 Å². The number of hydrogen-bond donors (Lipinski definition) is 2. The molecular weight excluding hydrogens is 380 g/mol. The molecule has 1 aliphatic carbocycles. The highest BCUT2D eigenvalue weighted by molar-refractivity contribution is 6.04. The molecule has 0 radical (unpaired) electrons. The molecule has 0 fully saturated rings. The summed E-state index contributed by atoms with van der Waals surface area (Å²) >= 11 is 0. The zero-order valence-electron chi connectivity index (χ0n) is 17.5. The molecular formula is C23H26N4O3. The van der Waals surface area contributed by atoms with Gasteiger partial charge in [0.2, 0.25) is 5.88 Å². The highest BCUT2D eigenvalue weighted by Crippen LogP contribution is 2.38. The van der Waals surface area contributed by atoms with Crippen molar-refractivity contribution in [3.63, 3.8) is 0 Å². The van der Waals surface area contributed by atoms with Gasteiger partial charge in [0.05, 0.1) is 11.8 Å². The average molecular weight is 406 g/mol. The maximum absolute atomic E-state index is 12.5. The number of ketones is 1. The Morgan fingerprint density at radius 3 is 2.97 bits per heavy atom. The first-order valence-electron chi connectivity index (χ1n) is 10.4. The fourth-order valence-electron chi connectivity index (χ4n) is 3.93. The second-order valence-electron chi connectivity index (χ2n) is 7.99. The number of hydrogen-bond acceptors (Lipinski definition) is 5. The van der Waals surface area contributed by atoms with Gasteiger partial charge in [0, 0.05) is 18.7 Å². The van der Waals surface area contributed by atoms with Crippen molar-refractivity contribution in [1.82, 2.24) is 20.3 Å². The van der Waals surface area contributed by atoms with Gasteiger partial charge in [-0.1, -0.05) is 13.0 Å². The van der Waals surface area contributed by atoms with Gasteiger partial charge >= 0.3 is 0 Å². The van der Waals surface area contributed by atoms with Crippen molar-refractivity contribution < 1.29 is 14.3 Å². The van der Waals surface area contributed by atoms with Crippen molar-refractivity contribution in [2.45, 2.75) is 58.4 Å². The third-order valence-electron chi connectivity index (χ3n) is 5.67. The number of benzene rings is 1. The predicted octanol–water partition coefficient (Wildman–Crippen LogP) is 4.29. The van der Waals surface area contributed by atoms with Gasteiger partial charge < -0.3 is 19.8 Å². The molecule has 0 spiro atoms. The van der Waals surface area contributed by atoms with Crippen LogP contribution in [0.4, 0.5) is 0 Å². The molecule has 7 nitrogen and oxygen atoms in total. The summed E-state index contributed by atoms with van der Waals surface area (Å²) in [4.78, 5) is 35.8. The number of fused-ring (bicyclic) bond motifs is 2. The number of aromatic nitrogens is 3. The number of carbonyl (C=O) groups excluding carboxylic acids is 2. The summed E-state index contributed by atoms with van der Waals surface area (Å²) in [5.74, 6) is 1.34. The first-order chi connectivity index (χ1) is 14.4. The lowest BCUT2D eigenvalue weighted by Gasteiger charge is -2.11. The number of nitrogens with zero attached hydrogens (tertiary/aromatic N) is 2. The van der Waals surface area contributed by atoms with E-state index in [2.05, 4.69) is 20.3 Å². The molecule has 2 aromatic heterocycles. The summed E-state index contributed by atoms with van der Waals surface area (Å²) < 4.78 is 5.95. The summed E-state index contributed by atoms with van der Waals surface area (Å²) in [5.41, 5.74) is 3.91. The van der Waals surface area contributed by atoms with Crippen LogP contribution in [0.1, 0.15) is 67.4 Å². The van der Waals surface area contributed by atoms with Crippen LogP contribution in [0.5, 0.6) is 11.6 Å². The number of ether oxygens (including phenoxy) is 1. The lowest BCUT2D eigenvalue weighted by atomic mass is 9.96. The van der Waals surface area contributed by atoms with E-state index in [1.54, 1.807) is 19.3 Å². The van der Waals surface area contributed by atoms with Crippen LogP contribution in [-0.2, 0) is 11.2 Å². The van der Waals surface area contributed by atoms with E-state index in [1.807, 2.05) is 32.0 Å². The SMILES string of the molecule is CC[C@H](C)NC(=O)c1c[nH]c2ncc(Oc3ccc4c(c3)CC[C@H]4CC(C)=O)nc12. The van der Waals surface area contributed by atoms with E-state index >= 15 is 0 Å². The molecule has 0 unspecified atom stereocenters. The molecule has 4 rings (SSSR count). The van der Waals surface area contributed by atoms with Crippen LogP contribution in [-0.4, -0.2) is 32.7 Å². The number of Topliss-reactive ketones (excluding diaryl/α,β-unsaturated/α-hetero) is 1. The van der Waals surface area contributed by atoms with Gasteiger partial charge in [-0.05, 0) is 62.3 Å². The Morgan fingerprint density at radius 2 is 2.20 bits per heavy atom. The maximum atomic E-state index is 12.5. The molecule has 2 atom stereocenters. The summed E-state index contributed by atoms with van der Waals surface area (Å²) in [7, 11) is 0. The number of rotatable bonds is 7. The Balaban J connectivity index is 1.55. The predicted molar refractivity (Wildman–Crippen MR) is 114 cm³/mol. The number of aromatic amines is 1. The summed E-state index contributed by atoms with van der Waals surface area (Å²) in [6.45, 7) is 5.62. The Hall–Kier alpha value is -3.22. The quantitative estimate of drug-likeness (QED) is 0.610. The van der Waals surface area contributed by atoms with E-state index in [4.69, 9.17) is 4.74 Å². The molecule has 2 N–H and O–H groups in total. The topological polar surface area (TPSA) is 97.0 Å². The molecule has 2 heterocycles. The normalized spacial score (nSPS) is 16.3. The molecule has 3 aromatic rings. The summed E-state index contributed by atoms with van der Waals surface area (Å²) in [5, 5.41) is 2.95. The lowest BCUT2D eigenvalue weighted by molar-refractivity contribution is -0.117. The van der Waals surface area contributed by atoms with Gasteiger partial charge in [0.1, 0.15) is 17.0 Å². The molecule has 30 heavy (non-hydrogen) atoms. The molecule has 0 bridgehead atoms. The van der Waals surface area contributed by atoms with E-state index in [0.29, 0.717) is 40.7 Å². The minimum Gasteiger partial charge on any atom is -0.437 e. The maximum Gasteiger partial charge on any atom is 0.255 e. The van der Waals surface area contributed by atoms with E-state index in [1.165, 1.54) is 11.1 Å². The molecule has 1 amide bonds. The third kappa shape index (κ3) is 4.06. The first-order valence-corrected chi connectivity index (χ1v) is 10.4. The number of amides is 1. The van der Waals surface area contributed by atoms with Crippen LogP contribution in [0.15, 0.2) is 30.6 Å². The fourth-order valence-corrected chi connectivity index (χ4v) is 3.93. The Bertz CT molecular complexity index is 1110. The molecule has 1 aliphatic rings. The zero-order chi connectivity index (χ0) is 21.3. The molecule has 156 valence electrons. The minimum absolute atomic E-state index is 0.0769. The number of nitrogens with one attached hydrogen (secondary N) is 2. The number of H-pyrrole nitrogens is 1. The van der Waals surface area contributed by atoms with Crippen LogP contribution in [0.3, 0.4) is 0 Å². The van der Waals surface area contributed by atoms with Crippen molar-refractivity contribution in [3.8, 4) is 11.6 Å². The minimum atomic E-state index is -0.184. The largest absolute Gasteiger partial charge is 0.437 e. The molecule has 1 aromatic carbocycles. The second kappa shape index (κ2) is 8.26. The van der Waals surface area contributed by atoms with Crippen LogP contribution < -0.4 is 10.1 Å². The van der Waals surface area contributed by atoms with E-state index in [-0.39, 0.29) is 17.7 Å². The smallest absolute Gasteiger partial charge is 0.255 e. The average Bonchev–Trinajstić information content (AvgIpc) is 3.31. The Kier molecular flexibility index (Phi) is 5.53. The molecule has 0 saturated carbocycles. The van der Waals surface area contributed by atoms with E-state index < -0.39 is 0 Å². The van der Waals surface area contributed by atoms with Crippen molar-refractivity contribution >= 4 is 22.9 Å². The molecule has 0 aliphatic heterocycles. The van der Waals surface area contributed by atoms with Gasteiger partial charge in [-0.3, -0.25) is 4.79 Å². The Labute approximate surface area is 175 Å². The zero-order valence-corrected chi connectivity index (χ0v) is 17.5. The highest BCUT2D eigenvalue weighted by atomic mass is 16.5. The van der Waals surface area contributed by atoms with Gasteiger partial charge in [-0.15, -0.1) is 0 Å². The van der Waals surface area contributed by atoms with Crippen molar-refractivity contribution in [3.05, 3.63) is 47.3 Å². The van der Waals surface area contributed by atoms with Crippen LogP contribution in [0.2, 0.25) is 0 Å². The first kappa shape index (κ1) is 20.1. The van der Waals surface area contributed by atoms with Crippen LogP contribution in [0, 0.1) is 0 Å². The molecule has 7 heteroatoms. The van der Waals surface area contributed by atoms with Gasteiger partial charge in [-0.2, -0.15) is 0 Å². The van der Waals surface area contributed by atoms with E-state index in [0.717, 1.165) is 19.3 Å². The third-order valence-corrected chi connectivity index (χ3v) is 5.67. The lowest BCUT2D eigenvalue weighted by Crippen LogP contribution is -2.31. The molecule has 0 saturated heterocycles. The van der Waals surface area contributed by atoms with E-state index in [9.17, 15) is 9.59 Å². The van der Waals surface area contributed by atoms with Gasteiger partial charge in [0.25, 0.3) is 5.91 Å². The summed E-state index contributed by atoms with van der Waals surface area (Å²) in [6.07, 6.45) is 6.52. The van der Waals surface area contributed by atoms with Crippen LogP contribution in [0.25, 0.3) is 11.2 Å². The number of aryl methyl sites for hydroxylation is 1. The summed E-state index contributed by atoms with van der Waals surface area (Å²) in [6, 6.07) is 6.03. The number of carbonyl (C=O) groups is 2. The second-order valence-corrected chi connectivity index (χ2v) is 7.99. The monoisotopic (exact) mass is 406 g/mol. The van der Waals surface area contributed by atoms with Gasteiger partial charge in [-0.25, -0.2) is 9.97 Å². The van der Waals surface area contributed by atoms with Crippen molar-refractivity contribution in [2.24, 2.45) is 0 Å². The van der Waals surface area contributed by atoms with Gasteiger partial charge in [0.15, 0.2) is 5.65 Å². The van der Waals surface area contributed by atoms with Crippen molar-refractivity contribution in [1.29, 1.82) is 0 Å².